The molecule has 0 aliphatic rings. The molecule has 0 fully saturated rings. The highest BCUT2D eigenvalue weighted by Crippen LogP contribution is 2.26. The van der Waals surface area contributed by atoms with Crippen LogP contribution in [0, 0.1) is 5.92 Å². The Morgan fingerprint density at radius 2 is 1.89 bits per heavy atom. The van der Waals surface area contributed by atoms with E-state index in [9.17, 15) is 4.79 Å². The van der Waals surface area contributed by atoms with Gasteiger partial charge in [-0.05, 0) is 36.0 Å². The van der Waals surface area contributed by atoms with Crippen LogP contribution < -0.4 is 0 Å². The zero-order chi connectivity index (χ0) is 14.3. The van der Waals surface area contributed by atoms with Crippen molar-refractivity contribution in [1.29, 1.82) is 0 Å². The van der Waals surface area contributed by atoms with Gasteiger partial charge in [-0.25, -0.2) is 0 Å². The van der Waals surface area contributed by atoms with Crippen molar-refractivity contribution in [3.05, 3.63) is 34.3 Å². The number of carbonyl (C=O) groups is 1. The first-order chi connectivity index (χ1) is 9.02. The maximum Gasteiger partial charge on any atom is 0.306 e. The van der Waals surface area contributed by atoms with Crippen molar-refractivity contribution in [3.63, 3.8) is 0 Å². The van der Waals surface area contributed by atoms with Crippen molar-refractivity contribution in [3.8, 4) is 0 Å². The van der Waals surface area contributed by atoms with E-state index in [1.807, 2.05) is 26.0 Å². The maximum atomic E-state index is 11.8. The Morgan fingerprint density at radius 1 is 1.26 bits per heavy atom. The second-order valence-corrected chi connectivity index (χ2v) is 6.23. The second-order valence-electron chi connectivity index (χ2n) is 5.32. The smallest absolute Gasteiger partial charge is 0.306 e. The van der Waals surface area contributed by atoms with E-state index < -0.39 is 0 Å². The number of esters is 1. The largest absolute Gasteiger partial charge is 0.465 e. The molecule has 0 aliphatic heterocycles. The molecular weight excluding hydrogens is 304 g/mol. The van der Waals surface area contributed by atoms with Gasteiger partial charge in [0, 0.05) is 4.47 Å². The first kappa shape index (κ1) is 16.2. The molecule has 0 radical (unpaired) electrons. The van der Waals surface area contributed by atoms with Crippen LogP contribution in [0.4, 0.5) is 0 Å². The topological polar surface area (TPSA) is 26.3 Å². The molecule has 1 unspecified atom stereocenters. The third kappa shape index (κ3) is 6.24. The summed E-state index contributed by atoms with van der Waals surface area (Å²) in [5, 5.41) is 0. The molecule has 0 saturated heterocycles. The summed E-state index contributed by atoms with van der Waals surface area (Å²) in [5.74, 6) is 0.564. The molecule has 0 N–H and O–H groups in total. The molecule has 0 aliphatic carbocycles. The lowest BCUT2D eigenvalue weighted by Crippen LogP contribution is -2.13. The Bertz CT molecular complexity index is 384. The van der Waals surface area contributed by atoms with Crippen molar-refractivity contribution in [2.24, 2.45) is 5.92 Å². The molecule has 0 bridgehead atoms. The molecule has 1 aromatic carbocycles. The Balaban J connectivity index is 2.62. The van der Waals surface area contributed by atoms with Crippen molar-refractivity contribution in [2.45, 2.75) is 46.0 Å². The van der Waals surface area contributed by atoms with Crippen LogP contribution in [0.1, 0.15) is 51.5 Å². The summed E-state index contributed by atoms with van der Waals surface area (Å²) >= 11 is 3.43. The molecule has 0 aromatic heterocycles. The van der Waals surface area contributed by atoms with Crippen molar-refractivity contribution in [1.82, 2.24) is 0 Å². The summed E-state index contributed by atoms with van der Waals surface area (Å²) < 4.78 is 6.34. The Kier molecular flexibility index (Phi) is 7.14. The third-order valence-corrected chi connectivity index (χ3v) is 3.50. The highest BCUT2D eigenvalue weighted by atomic mass is 79.9. The molecule has 19 heavy (non-hydrogen) atoms. The minimum Gasteiger partial charge on any atom is -0.465 e. The van der Waals surface area contributed by atoms with Crippen LogP contribution in [-0.4, -0.2) is 12.6 Å². The van der Waals surface area contributed by atoms with Crippen molar-refractivity contribution in [2.75, 3.05) is 6.61 Å². The minimum atomic E-state index is -0.0879. The summed E-state index contributed by atoms with van der Waals surface area (Å²) in [6.07, 6.45) is 2.55. The van der Waals surface area contributed by atoms with Crippen LogP contribution in [0.15, 0.2) is 28.7 Å². The minimum absolute atomic E-state index is 0.0879. The first-order valence-corrected chi connectivity index (χ1v) is 7.73. The fourth-order valence-corrected chi connectivity index (χ4v) is 2.25. The zero-order valence-electron chi connectivity index (χ0n) is 12.0. The van der Waals surface area contributed by atoms with E-state index in [0.717, 1.165) is 17.3 Å². The average molecular weight is 327 g/mol. The van der Waals surface area contributed by atoms with Crippen LogP contribution in [0.25, 0.3) is 0 Å². The van der Waals surface area contributed by atoms with Crippen LogP contribution in [-0.2, 0) is 9.53 Å². The summed E-state index contributed by atoms with van der Waals surface area (Å²) in [6, 6.07) is 8.22. The van der Waals surface area contributed by atoms with Crippen LogP contribution in [0.5, 0.6) is 0 Å². The Labute approximate surface area is 124 Å². The lowest BCUT2D eigenvalue weighted by Gasteiger charge is -2.16. The van der Waals surface area contributed by atoms with Gasteiger partial charge in [0.2, 0.25) is 0 Å². The maximum absolute atomic E-state index is 11.8. The lowest BCUT2D eigenvalue weighted by atomic mass is 9.91. The molecule has 3 heteroatoms. The number of carbonyl (C=O) groups excluding carboxylic acids is 1. The SMILES string of the molecule is CCCC(CC(=O)OCC(C)C)c1ccc(Br)cc1. The van der Waals surface area contributed by atoms with Crippen LogP contribution >= 0.6 is 15.9 Å². The van der Waals surface area contributed by atoms with Gasteiger partial charge in [-0.1, -0.05) is 55.3 Å². The fourth-order valence-electron chi connectivity index (χ4n) is 1.99. The number of ether oxygens (including phenoxy) is 1. The van der Waals surface area contributed by atoms with E-state index in [4.69, 9.17) is 4.74 Å². The average Bonchev–Trinajstić information content (AvgIpc) is 2.37. The summed E-state index contributed by atoms with van der Waals surface area (Å²) in [6.45, 7) is 6.75. The number of hydrogen-bond acceptors (Lipinski definition) is 2. The van der Waals surface area contributed by atoms with E-state index in [1.54, 1.807) is 0 Å². The van der Waals surface area contributed by atoms with Gasteiger partial charge >= 0.3 is 5.97 Å². The van der Waals surface area contributed by atoms with Gasteiger partial charge in [-0.3, -0.25) is 4.79 Å². The van der Waals surface area contributed by atoms with Crippen LogP contribution in [0.2, 0.25) is 0 Å². The molecule has 1 aromatic rings. The zero-order valence-corrected chi connectivity index (χ0v) is 13.6. The Morgan fingerprint density at radius 3 is 2.42 bits per heavy atom. The third-order valence-electron chi connectivity index (χ3n) is 2.97. The quantitative estimate of drug-likeness (QED) is 0.664. The van der Waals surface area contributed by atoms with Crippen LogP contribution in [0.3, 0.4) is 0 Å². The molecule has 0 saturated carbocycles. The summed E-state index contributed by atoms with van der Waals surface area (Å²) in [7, 11) is 0. The molecule has 0 amide bonds. The first-order valence-electron chi connectivity index (χ1n) is 6.94. The summed E-state index contributed by atoms with van der Waals surface area (Å²) in [4.78, 5) is 11.8. The lowest BCUT2D eigenvalue weighted by molar-refractivity contribution is -0.145. The number of halogens is 1. The Hall–Kier alpha value is -0.830. The van der Waals surface area contributed by atoms with Gasteiger partial charge in [0.05, 0.1) is 13.0 Å². The normalized spacial score (nSPS) is 12.5. The van der Waals surface area contributed by atoms with E-state index in [0.29, 0.717) is 18.9 Å². The fraction of sp³-hybridized carbons (Fsp3) is 0.562. The molecule has 0 heterocycles. The highest BCUT2D eigenvalue weighted by molar-refractivity contribution is 9.10. The molecule has 106 valence electrons. The highest BCUT2D eigenvalue weighted by Gasteiger charge is 2.16. The molecular formula is C16H23BrO2. The van der Waals surface area contributed by atoms with Gasteiger partial charge in [0.1, 0.15) is 0 Å². The predicted octanol–water partition coefficient (Wildman–Crippen LogP) is 4.92. The standard InChI is InChI=1S/C16H23BrO2/c1-4-5-14(10-16(18)19-11-12(2)3)13-6-8-15(17)9-7-13/h6-9,12,14H,4-5,10-11H2,1-3H3. The van der Waals surface area contributed by atoms with E-state index in [1.165, 1.54) is 5.56 Å². The summed E-state index contributed by atoms with van der Waals surface area (Å²) in [5.41, 5.74) is 1.21. The van der Waals surface area contributed by atoms with Gasteiger partial charge in [-0.2, -0.15) is 0 Å². The molecule has 2 nitrogen and oxygen atoms in total. The monoisotopic (exact) mass is 326 g/mol. The van der Waals surface area contributed by atoms with Gasteiger partial charge in [0.15, 0.2) is 0 Å². The number of benzene rings is 1. The van der Waals surface area contributed by atoms with E-state index in [-0.39, 0.29) is 11.9 Å². The van der Waals surface area contributed by atoms with E-state index >= 15 is 0 Å². The second kappa shape index (κ2) is 8.36. The van der Waals surface area contributed by atoms with Crippen molar-refractivity contribution < 1.29 is 9.53 Å². The number of rotatable bonds is 7. The molecule has 1 rings (SSSR count). The van der Waals surface area contributed by atoms with Crippen molar-refractivity contribution >= 4 is 21.9 Å². The molecule has 1 atom stereocenters. The van der Waals surface area contributed by atoms with Gasteiger partial charge in [-0.15, -0.1) is 0 Å². The number of hydrogen-bond donors (Lipinski definition) is 0. The van der Waals surface area contributed by atoms with Gasteiger partial charge < -0.3 is 4.74 Å². The van der Waals surface area contributed by atoms with Gasteiger partial charge in [0.25, 0.3) is 0 Å². The predicted molar refractivity (Wildman–Crippen MR) is 82.2 cm³/mol. The molecule has 0 spiro atoms. The van der Waals surface area contributed by atoms with E-state index in [2.05, 4.69) is 35.0 Å².